The lowest BCUT2D eigenvalue weighted by Crippen LogP contribution is -2.37. The second kappa shape index (κ2) is 4.07. The summed E-state index contributed by atoms with van der Waals surface area (Å²) in [4.78, 5) is 0. The predicted molar refractivity (Wildman–Crippen MR) is 46.5 cm³/mol. The van der Waals surface area contributed by atoms with E-state index >= 15 is 0 Å². The van der Waals surface area contributed by atoms with Crippen LogP contribution < -0.4 is 5.32 Å². The summed E-state index contributed by atoms with van der Waals surface area (Å²) in [7, 11) is 1.96. The number of nitrogens with one attached hydrogen (secondary N) is 1. The van der Waals surface area contributed by atoms with Crippen molar-refractivity contribution in [3.8, 4) is 0 Å². The molecular formula is C9H19NO. The standard InChI is InChI=1S/C9H19NO/c1-10-7-9(8-11)5-3-2-4-6-9/h10-11H,2-8H2,1H3. The smallest absolute Gasteiger partial charge is 0.0499 e. The van der Waals surface area contributed by atoms with Gasteiger partial charge in [-0.3, -0.25) is 0 Å². The quantitative estimate of drug-likeness (QED) is 0.644. The molecule has 0 spiro atoms. The van der Waals surface area contributed by atoms with Crippen LogP contribution in [0, 0.1) is 5.41 Å². The SMILES string of the molecule is CNCC1(CO)CCCCC1. The Bertz CT molecular complexity index is 103. The van der Waals surface area contributed by atoms with Crippen LogP contribution in [-0.4, -0.2) is 25.3 Å². The van der Waals surface area contributed by atoms with Crippen molar-refractivity contribution in [3.63, 3.8) is 0 Å². The molecule has 1 fully saturated rings. The van der Waals surface area contributed by atoms with Gasteiger partial charge in [0, 0.05) is 18.6 Å². The van der Waals surface area contributed by atoms with E-state index in [-0.39, 0.29) is 5.41 Å². The second-order valence-electron chi connectivity index (χ2n) is 3.75. The fourth-order valence-electron chi connectivity index (χ4n) is 2.07. The van der Waals surface area contributed by atoms with Crippen LogP contribution in [0.15, 0.2) is 0 Å². The minimum absolute atomic E-state index is 0.215. The highest BCUT2D eigenvalue weighted by Gasteiger charge is 2.30. The Hall–Kier alpha value is -0.0800. The number of aliphatic hydroxyl groups excluding tert-OH is 1. The molecule has 0 amide bonds. The highest BCUT2D eigenvalue weighted by Crippen LogP contribution is 2.34. The zero-order valence-electron chi connectivity index (χ0n) is 7.40. The average molecular weight is 157 g/mol. The Morgan fingerprint density at radius 1 is 1.27 bits per heavy atom. The van der Waals surface area contributed by atoms with Gasteiger partial charge in [-0.1, -0.05) is 19.3 Å². The molecule has 1 saturated carbocycles. The Kier molecular flexibility index (Phi) is 3.34. The average Bonchev–Trinajstić information content (AvgIpc) is 2.07. The van der Waals surface area contributed by atoms with Gasteiger partial charge in [-0.25, -0.2) is 0 Å². The Morgan fingerprint density at radius 3 is 2.36 bits per heavy atom. The Morgan fingerprint density at radius 2 is 1.91 bits per heavy atom. The van der Waals surface area contributed by atoms with Crippen LogP contribution >= 0.6 is 0 Å². The summed E-state index contributed by atoms with van der Waals surface area (Å²) < 4.78 is 0. The maximum absolute atomic E-state index is 9.23. The third-order valence-corrected chi connectivity index (χ3v) is 2.80. The van der Waals surface area contributed by atoms with E-state index in [9.17, 15) is 5.11 Å². The molecule has 11 heavy (non-hydrogen) atoms. The van der Waals surface area contributed by atoms with Crippen molar-refractivity contribution in [2.45, 2.75) is 32.1 Å². The summed E-state index contributed by atoms with van der Waals surface area (Å²) in [6.45, 7) is 1.33. The van der Waals surface area contributed by atoms with Crippen LogP contribution in [0.3, 0.4) is 0 Å². The first-order valence-electron chi connectivity index (χ1n) is 4.58. The summed E-state index contributed by atoms with van der Waals surface area (Å²) in [5.41, 5.74) is 0.215. The molecule has 1 aliphatic rings. The molecule has 0 aliphatic heterocycles. The minimum atomic E-state index is 0.215. The molecule has 0 aromatic carbocycles. The summed E-state index contributed by atoms with van der Waals surface area (Å²) in [5, 5.41) is 12.4. The molecule has 0 bridgehead atoms. The van der Waals surface area contributed by atoms with Crippen molar-refractivity contribution >= 4 is 0 Å². The molecule has 0 aromatic rings. The molecule has 2 N–H and O–H groups in total. The number of hydrogen-bond acceptors (Lipinski definition) is 2. The van der Waals surface area contributed by atoms with Gasteiger partial charge in [0.15, 0.2) is 0 Å². The van der Waals surface area contributed by atoms with Gasteiger partial charge in [-0.2, -0.15) is 0 Å². The van der Waals surface area contributed by atoms with Crippen LogP contribution in [0.4, 0.5) is 0 Å². The molecule has 2 heteroatoms. The summed E-state index contributed by atoms with van der Waals surface area (Å²) in [6.07, 6.45) is 6.34. The molecule has 0 unspecified atom stereocenters. The molecule has 0 aromatic heterocycles. The van der Waals surface area contributed by atoms with Crippen LogP contribution in [0.2, 0.25) is 0 Å². The molecular weight excluding hydrogens is 138 g/mol. The van der Waals surface area contributed by atoms with E-state index < -0.39 is 0 Å². The van der Waals surface area contributed by atoms with Gasteiger partial charge in [0.05, 0.1) is 0 Å². The zero-order valence-corrected chi connectivity index (χ0v) is 7.40. The lowest BCUT2D eigenvalue weighted by atomic mass is 9.75. The second-order valence-corrected chi connectivity index (χ2v) is 3.75. The van der Waals surface area contributed by atoms with Gasteiger partial charge < -0.3 is 10.4 Å². The monoisotopic (exact) mass is 157 g/mol. The van der Waals surface area contributed by atoms with Crippen molar-refractivity contribution < 1.29 is 5.11 Å². The van der Waals surface area contributed by atoms with Crippen LogP contribution in [0.1, 0.15) is 32.1 Å². The summed E-state index contributed by atoms with van der Waals surface area (Å²) >= 11 is 0. The molecule has 0 atom stereocenters. The lowest BCUT2D eigenvalue weighted by molar-refractivity contribution is 0.0834. The highest BCUT2D eigenvalue weighted by molar-refractivity contribution is 4.83. The molecule has 0 radical (unpaired) electrons. The lowest BCUT2D eigenvalue weighted by Gasteiger charge is -2.35. The Labute approximate surface area is 69.0 Å². The van der Waals surface area contributed by atoms with Crippen LogP contribution in [-0.2, 0) is 0 Å². The topological polar surface area (TPSA) is 32.3 Å². The van der Waals surface area contributed by atoms with E-state index in [2.05, 4.69) is 5.32 Å². The molecule has 66 valence electrons. The summed E-state index contributed by atoms with van der Waals surface area (Å²) in [5.74, 6) is 0. The van der Waals surface area contributed by atoms with Gasteiger partial charge >= 0.3 is 0 Å². The number of aliphatic hydroxyl groups is 1. The van der Waals surface area contributed by atoms with E-state index in [1.54, 1.807) is 0 Å². The van der Waals surface area contributed by atoms with Gasteiger partial charge in [0.1, 0.15) is 0 Å². The number of hydrogen-bond donors (Lipinski definition) is 2. The van der Waals surface area contributed by atoms with Crippen molar-refractivity contribution in [2.24, 2.45) is 5.41 Å². The van der Waals surface area contributed by atoms with E-state index in [1.165, 1.54) is 32.1 Å². The normalized spacial score (nSPS) is 23.5. The van der Waals surface area contributed by atoms with Crippen molar-refractivity contribution in [1.82, 2.24) is 5.32 Å². The molecule has 0 saturated heterocycles. The first kappa shape index (κ1) is 9.01. The Balaban J connectivity index is 2.42. The van der Waals surface area contributed by atoms with E-state index in [1.807, 2.05) is 7.05 Å². The van der Waals surface area contributed by atoms with Gasteiger partial charge in [0.2, 0.25) is 0 Å². The highest BCUT2D eigenvalue weighted by atomic mass is 16.3. The van der Waals surface area contributed by atoms with E-state index in [4.69, 9.17) is 0 Å². The van der Waals surface area contributed by atoms with Crippen molar-refractivity contribution in [2.75, 3.05) is 20.2 Å². The largest absolute Gasteiger partial charge is 0.396 e. The van der Waals surface area contributed by atoms with E-state index in [0.29, 0.717) is 6.61 Å². The maximum Gasteiger partial charge on any atom is 0.0499 e. The van der Waals surface area contributed by atoms with Gasteiger partial charge in [-0.05, 0) is 19.9 Å². The third kappa shape index (κ3) is 2.17. The fraction of sp³-hybridized carbons (Fsp3) is 1.00. The molecule has 1 aliphatic carbocycles. The molecule has 0 heterocycles. The molecule has 2 nitrogen and oxygen atoms in total. The van der Waals surface area contributed by atoms with Gasteiger partial charge in [0.25, 0.3) is 0 Å². The third-order valence-electron chi connectivity index (χ3n) is 2.80. The van der Waals surface area contributed by atoms with Crippen LogP contribution in [0.25, 0.3) is 0 Å². The van der Waals surface area contributed by atoms with Crippen molar-refractivity contribution in [1.29, 1.82) is 0 Å². The zero-order chi connectivity index (χ0) is 8.16. The maximum atomic E-state index is 9.23. The van der Waals surface area contributed by atoms with E-state index in [0.717, 1.165) is 6.54 Å². The van der Waals surface area contributed by atoms with Gasteiger partial charge in [-0.15, -0.1) is 0 Å². The minimum Gasteiger partial charge on any atom is -0.396 e. The number of rotatable bonds is 3. The predicted octanol–water partition coefficient (Wildman–Crippen LogP) is 1.15. The fourth-order valence-corrected chi connectivity index (χ4v) is 2.07. The summed E-state index contributed by atoms with van der Waals surface area (Å²) in [6, 6.07) is 0. The first-order valence-corrected chi connectivity index (χ1v) is 4.58. The van der Waals surface area contributed by atoms with Crippen molar-refractivity contribution in [3.05, 3.63) is 0 Å². The molecule has 1 rings (SSSR count). The van der Waals surface area contributed by atoms with Crippen LogP contribution in [0.5, 0.6) is 0 Å². The first-order chi connectivity index (χ1) is 5.33.